The lowest BCUT2D eigenvalue weighted by Gasteiger charge is -2.18. The van der Waals surface area contributed by atoms with Crippen LogP contribution < -0.4 is 0 Å². The molecule has 0 radical (unpaired) electrons. The fourth-order valence-corrected chi connectivity index (χ4v) is 4.47. The molecule has 0 aliphatic carbocycles. The molecule has 0 fully saturated rings. The molecule has 2 aromatic carbocycles. The third-order valence-electron chi connectivity index (χ3n) is 5.19. The van der Waals surface area contributed by atoms with Crippen LogP contribution in [0, 0.1) is 11.3 Å². The Morgan fingerprint density at radius 1 is 0.935 bits per heavy atom. The van der Waals surface area contributed by atoms with E-state index >= 15 is 0 Å². The van der Waals surface area contributed by atoms with Crippen LogP contribution in [0.2, 0.25) is 0 Å². The van der Waals surface area contributed by atoms with Crippen LogP contribution >= 0.6 is 11.8 Å². The van der Waals surface area contributed by atoms with E-state index < -0.39 is 0 Å². The van der Waals surface area contributed by atoms with E-state index in [1.807, 2.05) is 42.6 Å². The highest BCUT2D eigenvalue weighted by Crippen LogP contribution is 2.33. The Kier molecular flexibility index (Phi) is 6.44. The zero-order valence-corrected chi connectivity index (χ0v) is 18.4. The Hall–Kier alpha value is -3.43. The van der Waals surface area contributed by atoms with Crippen molar-refractivity contribution in [3.63, 3.8) is 0 Å². The number of pyridine rings is 1. The SMILES string of the molecule is CCc1cccc(CC)c1-n1c(SCc2ccc(C#N)cc2)nnc1-c1cccnc1. The molecular formula is C25H23N5S. The fourth-order valence-electron chi connectivity index (χ4n) is 3.57. The predicted octanol–water partition coefficient (Wildman–Crippen LogP) is 5.62. The number of para-hydroxylation sites is 1. The molecule has 0 aliphatic rings. The van der Waals surface area contributed by atoms with Gasteiger partial charge in [-0.3, -0.25) is 9.55 Å². The fraction of sp³-hybridized carbons (Fsp3) is 0.200. The lowest BCUT2D eigenvalue weighted by Crippen LogP contribution is -2.07. The van der Waals surface area contributed by atoms with Gasteiger partial charge in [-0.05, 0) is 53.8 Å². The maximum atomic E-state index is 9.03. The van der Waals surface area contributed by atoms with Gasteiger partial charge in [0.15, 0.2) is 11.0 Å². The van der Waals surface area contributed by atoms with Gasteiger partial charge in [0.1, 0.15) is 0 Å². The van der Waals surface area contributed by atoms with E-state index in [2.05, 4.69) is 57.9 Å². The normalized spacial score (nSPS) is 10.7. The highest BCUT2D eigenvalue weighted by atomic mass is 32.2. The first-order chi connectivity index (χ1) is 15.2. The minimum absolute atomic E-state index is 0.667. The van der Waals surface area contributed by atoms with Crippen molar-refractivity contribution in [1.29, 1.82) is 5.26 Å². The number of thioether (sulfide) groups is 1. The Morgan fingerprint density at radius 3 is 2.29 bits per heavy atom. The van der Waals surface area contributed by atoms with Crippen LogP contribution in [0.1, 0.15) is 36.1 Å². The van der Waals surface area contributed by atoms with Crippen molar-refractivity contribution < 1.29 is 0 Å². The number of rotatable bonds is 7. The van der Waals surface area contributed by atoms with Crippen molar-refractivity contribution in [2.24, 2.45) is 0 Å². The first-order valence-electron chi connectivity index (χ1n) is 10.3. The van der Waals surface area contributed by atoms with Crippen LogP contribution in [-0.4, -0.2) is 19.7 Å². The molecule has 2 heterocycles. The summed E-state index contributed by atoms with van der Waals surface area (Å²) in [7, 11) is 0. The summed E-state index contributed by atoms with van der Waals surface area (Å²) in [6.45, 7) is 4.35. The molecule has 4 rings (SSSR count). The van der Waals surface area contributed by atoms with E-state index in [-0.39, 0.29) is 0 Å². The summed E-state index contributed by atoms with van der Waals surface area (Å²) in [4.78, 5) is 4.29. The molecule has 0 N–H and O–H groups in total. The molecule has 0 saturated carbocycles. The first-order valence-corrected chi connectivity index (χ1v) is 11.3. The number of nitriles is 1. The number of nitrogens with zero attached hydrogens (tertiary/aromatic N) is 5. The number of benzene rings is 2. The molecule has 0 spiro atoms. The zero-order valence-electron chi connectivity index (χ0n) is 17.6. The minimum atomic E-state index is 0.667. The van der Waals surface area contributed by atoms with Crippen molar-refractivity contribution in [2.45, 2.75) is 37.6 Å². The van der Waals surface area contributed by atoms with Gasteiger partial charge in [0.2, 0.25) is 0 Å². The maximum absolute atomic E-state index is 9.03. The number of hydrogen-bond acceptors (Lipinski definition) is 5. The van der Waals surface area contributed by atoms with E-state index in [4.69, 9.17) is 5.26 Å². The first kappa shape index (κ1) is 20.8. The van der Waals surface area contributed by atoms with Crippen molar-refractivity contribution >= 4 is 11.8 Å². The largest absolute Gasteiger partial charge is 0.269 e. The summed E-state index contributed by atoms with van der Waals surface area (Å²) < 4.78 is 2.18. The Morgan fingerprint density at radius 2 is 1.68 bits per heavy atom. The van der Waals surface area contributed by atoms with E-state index in [9.17, 15) is 0 Å². The zero-order chi connectivity index (χ0) is 21.6. The minimum Gasteiger partial charge on any atom is -0.269 e. The van der Waals surface area contributed by atoms with Gasteiger partial charge in [-0.2, -0.15) is 5.26 Å². The van der Waals surface area contributed by atoms with Crippen molar-refractivity contribution in [3.05, 3.63) is 89.2 Å². The van der Waals surface area contributed by atoms with Gasteiger partial charge < -0.3 is 0 Å². The molecule has 0 bridgehead atoms. The Bertz CT molecular complexity index is 1180. The van der Waals surface area contributed by atoms with Crippen LogP contribution in [0.4, 0.5) is 0 Å². The molecule has 31 heavy (non-hydrogen) atoms. The molecule has 0 saturated heterocycles. The summed E-state index contributed by atoms with van der Waals surface area (Å²) in [5, 5.41) is 19.0. The summed E-state index contributed by atoms with van der Waals surface area (Å²) in [6.07, 6.45) is 5.44. The lowest BCUT2D eigenvalue weighted by atomic mass is 10.0. The summed E-state index contributed by atoms with van der Waals surface area (Å²) in [5.74, 6) is 1.54. The predicted molar refractivity (Wildman–Crippen MR) is 124 cm³/mol. The van der Waals surface area contributed by atoms with E-state index in [1.54, 1.807) is 18.0 Å². The molecular weight excluding hydrogens is 402 g/mol. The number of hydrogen-bond donors (Lipinski definition) is 0. The summed E-state index contributed by atoms with van der Waals surface area (Å²) in [6, 6.07) is 20.3. The molecule has 6 heteroatoms. The van der Waals surface area contributed by atoms with Gasteiger partial charge in [-0.1, -0.05) is 55.9 Å². The van der Waals surface area contributed by atoms with Crippen LogP contribution in [0.5, 0.6) is 0 Å². The summed E-state index contributed by atoms with van der Waals surface area (Å²) >= 11 is 1.65. The van der Waals surface area contributed by atoms with Gasteiger partial charge in [0, 0.05) is 23.7 Å². The topological polar surface area (TPSA) is 67.4 Å². The van der Waals surface area contributed by atoms with Gasteiger partial charge in [0.05, 0.1) is 17.3 Å². The average Bonchev–Trinajstić information content (AvgIpc) is 3.26. The van der Waals surface area contributed by atoms with Crippen LogP contribution in [0.25, 0.3) is 17.1 Å². The van der Waals surface area contributed by atoms with E-state index in [0.717, 1.165) is 40.7 Å². The third-order valence-corrected chi connectivity index (χ3v) is 6.19. The van der Waals surface area contributed by atoms with Gasteiger partial charge >= 0.3 is 0 Å². The van der Waals surface area contributed by atoms with Gasteiger partial charge in [-0.25, -0.2) is 0 Å². The molecule has 4 aromatic rings. The molecule has 154 valence electrons. The average molecular weight is 426 g/mol. The number of aryl methyl sites for hydroxylation is 2. The van der Waals surface area contributed by atoms with Crippen LogP contribution in [0.3, 0.4) is 0 Å². The summed E-state index contributed by atoms with van der Waals surface area (Å²) in [5.41, 5.74) is 6.45. The standard InChI is InChI=1S/C25H23N5S/c1-3-20-7-5-8-21(4-2)23(20)30-24(22-9-6-14-27-16-22)28-29-25(30)31-17-19-12-10-18(15-26)11-13-19/h5-14,16H,3-4,17H2,1-2H3. The Balaban J connectivity index is 1.80. The smallest absolute Gasteiger partial charge is 0.196 e. The quantitative estimate of drug-likeness (QED) is 0.360. The molecule has 0 amide bonds. The van der Waals surface area contributed by atoms with E-state index in [0.29, 0.717) is 5.56 Å². The van der Waals surface area contributed by atoms with Crippen molar-refractivity contribution in [3.8, 4) is 23.1 Å². The second-order valence-corrected chi connectivity index (χ2v) is 8.06. The van der Waals surface area contributed by atoms with Gasteiger partial charge in [0.25, 0.3) is 0 Å². The van der Waals surface area contributed by atoms with Crippen molar-refractivity contribution in [2.75, 3.05) is 0 Å². The maximum Gasteiger partial charge on any atom is 0.196 e. The van der Waals surface area contributed by atoms with Crippen LogP contribution in [0.15, 0.2) is 72.1 Å². The molecule has 0 aliphatic heterocycles. The van der Waals surface area contributed by atoms with E-state index in [1.165, 1.54) is 16.8 Å². The highest BCUT2D eigenvalue weighted by molar-refractivity contribution is 7.98. The molecule has 0 atom stereocenters. The van der Waals surface area contributed by atoms with Gasteiger partial charge in [-0.15, -0.1) is 10.2 Å². The lowest BCUT2D eigenvalue weighted by molar-refractivity contribution is 0.857. The monoisotopic (exact) mass is 425 g/mol. The Labute approximate surface area is 186 Å². The third kappa shape index (κ3) is 4.37. The molecule has 0 unspecified atom stereocenters. The van der Waals surface area contributed by atoms with Crippen molar-refractivity contribution in [1.82, 2.24) is 19.7 Å². The molecule has 5 nitrogen and oxygen atoms in total. The second-order valence-electron chi connectivity index (χ2n) is 7.11. The second kappa shape index (κ2) is 9.59. The number of aromatic nitrogens is 4. The molecule has 2 aromatic heterocycles. The van der Waals surface area contributed by atoms with Crippen LogP contribution in [-0.2, 0) is 18.6 Å². The highest BCUT2D eigenvalue weighted by Gasteiger charge is 2.20.